The maximum absolute atomic E-state index is 12.6. The third kappa shape index (κ3) is 5.14. The van der Waals surface area contributed by atoms with E-state index in [2.05, 4.69) is 36.4 Å². The van der Waals surface area contributed by atoms with Gasteiger partial charge in [0.15, 0.2) is 5.13 Å². The zero-order valence-electron chi connectivity index (χ0n) is 16.2. The second-order valence-corrected chi connectivity index (χ2v) is 8.66. The second-order valence-electron chi connectivity index (χ2n) is 7.81. The van der Waals surface area contributed by atoms with Gasteiger partial charge in [-0.1, -0.05) is 46.8 Å². The fourth-order valence-electron chi connectivity index (χ4n) is 2.48. The predicted molar refractivity (Wildman–Crippen MR) is 107 cm³/mol. The summed E-state index contributed by atoms with van der Waals surface area (Å²) in [7, 11) is 0. The summed E-state index contributed by atoms with van der Waals surface area (Å²) in [5.41, 5.74) is 2.59. The number of nitrogens with zero attached hydrogens (tertiary/aromatic N) is 1. The second kappa shape index (κ2) is 7.99. The van der Waals surface area contributed by atoms with Gasteiger partial charge in [-0.2, -0.15) is 0 Å². The number of rotatable bonds is 5. The van der Waals surface area contributed by atoms with E-state index in [0.29, 0.717) is 10.7 Å². The van der Waals surface area contributed by atoms with Gasteiger partial charge in [-0.15, -0.1) is 11.3 Å². The lowest BCUT2D eigenvalue weighted by Gasteiger charge is -2.22. The smallest absolute Gasteiger partial charge is 0.251 e. The summed E-state index contributed by atoms with van der Waals surface area (Å²) in [4.78, 5) is 29.4. The first kappa shape index (κ1) is 20.1. The molecule has 1 heterocycles. The van der Waals surface area contributed by atoms with E-state index in [4.69, 9.17) is 0 Å². The molecule has 0 radical (unpaired) electrons. The number of anilines is 1. The Morgan fingerprint density at radius 1 is 1.12 bits per heavy atom. The lowest BCUT2D eigenvalue weighted by atomic mass is 9.86. The number of hydrogen-bond acceptors (Lipinski definition) is 4. The summed E-state index contributed by atoms with van der Waals surface area (Å²) in [5.74, 6) is -0.558. The van der Waals surface area contributed by atoms with Crippen molar-refractivity contribution in [3.8, 4) is 0 Å². The predicted octanol–water partition coefficient (Wildman–Crippen LogP) is 4.14. The maximum atomic E-state index is 12.6. The van der Waals surface area contributed by atoms with Crippen LogP contribution in [0, 0.1) is 12.8 Å². The zero-order chi connectivity index (χ0) is 19.5. The van der Waals surface area contributed by atoms with Crippen molar-refractivity contribution in [2.75, 3.05) is 5.32 Å². The molecule has 26 heavy (non-hydrogen) atoms. The van der Waals surface area contributed by atoms with Gasteiger partial charge in [0.05, 0.1) is 5.69 Å². The van der Waals surface area contributed by atoms with E-state index in [1.807, 2.05) is 38.3 Å². The van der Waals surface area contributed by atoms with Gasteiger partial charge < -0.3 is 10.6 Å². The Morgan fingerprint density at radius 2 is 1.73 bits per heavy atom. The van der Waals surface area contributed by atoms with E-state index in [1.54, 1.807) is 12.1 Å². The standard InChI is InChI=1S/C20H27N3O2S/c1-12(2)16(18(25)23-19-21-13(3)11-26-19)22-17(24)14-7-9-15(10-8-14)20(4,5)6/h7-12,16H,1-6H3,(H,22,24)(H,21,23,25). The van der Waals surface area contributed by atoms with Crippen LogP contribution in [0.15, 0.2) is 29.6 Å². The van der Waals surface area contributed by atoms with Crippen LogP contribution in [0.3, 0.4) is 0 Å². The molecule has 1 aromatic heterocycles. The minimum Gasteiger partial charge on any atom is -0.340 e. The lowest BCUT2D eigenvalue weighted by molar-refractivity contribution is -0.118. The molecule has 0 aliphatic rings. The highest BCUT2D eigenvalue weighted by atomic mass is 32.1. The molecule has 5 nitrogen and oxygen atoms in total. The van der Waals surface area contributed by atoms with Crippen molar-refractivity contribution in [3.05, 3.63) is 46.5 Å². The molecule has 0 saturated carbocycles. The van der Waals surface area contributed by atoms with Crippen LogP contribution < -0.4 is 10.6 Å². The number of thiazole rings is 1. The number of nitrogens with one attached hydrogen (secondary N) is 2. The summed E-state index contributed by atoms with van der Waals surface area (Å²) < 4.78 is 0. The Kier molecular flexibility index (Phi) is 6.18. The molecule has 140 valence electrons. The molecule has 0 aliphatic carbocycles. The molecule has 1 aromatic carbocycles. The number of hydrogen-bond donors (Lipinski definition) is 2. The van der Waals surface area contributed by atoms with Gasteiger partial charge in [-0.3, -0.25) is 9.59 Å². The van der Waals surface area contributed by atoms with Crippen molar-refractivity contribution in [2.45, 2.75) is 53.0 Å². The molecular weight excluding hydrogens is 346 g/mol. The van der Waals surface area contributed by atoms with Crippen LogP contribution in [-0.2, 0) is 10.2 Å². The summed E-state index contributed by atoms with van der Waals surface area (Å²) in [6, 6.07) is 6.88. The maximum Gasteiger partial charge on any atom is 0.251 e. The summed E-state index contributed by atoms with van der Waals surface area (Å²) >= 11 is 1.37. The Hall–Kier alpha value is -2.21. The van der Waals surface area contributed by atoms with Crippen LogP contribution >= 0.6 is 11.3 Å². The van der Waals surface area contributed by atoms with E-state index < -0.39 is 6.04 Å². The minimum atomic E-state index is -0.631. The quantitative estimate of drug-likeness (QED) is 0.827. The number of carbonyl (C=O) groups is 2. The normalized spacial score (nSPS) is 12.7. The van der Waals surface area contributed by atoms with Crippen LogP contribution in [0.1, 0.15) is 56.2 Å². The van der Waals surface area contributed by atoms with Crippen molar-refractivity contribution < 1.29 is 9.59 Å². The molecule has 1 unspecified atom stereocenters. The first-order valence-corrected chi connectivity index (χ1v) is 9.60. The van der Waals surface area contributed by atoms with Gasteiger partial charge in [0.2, 0.25) is 5.91 Å². The van der Waals surface area contributed by atoms with Crippen LogP contribution in [0.2, 0.25) is 0 Å². The molecule has 2 rings (SSSR count). The molecule has 0 saturated heterocycles. The van der Waals surface area contributed by atoms with Crippen molar-refractivity contribution in [2.24, 2.45) is 5.92 Å². The van der Waals surface area contributed by atoms with Crippen molar-refractivity contribution in [1.82, 2.24) is 10.3 Å². The van der Waals surface area contributed by atoms with Crippen molar-refractivity contribution in [1.29, 1.82) is 0 Å². The van der Waals surface area contributed by atoms with Crippen LogP contribution in [-0.4, -0.2) is 22.8 Å². The summed E-state index contributed by atoms with van der Waals surface area (Å²) in [6.45, 7) is 12.1. The van der Waals surface area contributed by atoms with E-state index >= 15 is 0 Å². The number of aryl methyl sites for hydroxylation is 1. The lowest BCUT2D eigenvalue weighted by Crippen LogP contribution is -2.47. The largest absolute Gasteiger partial charge is 0.340 e. The monoisotopic (exact) mass is 373 g/mol. The first-order chi connectivity index (χ1) is 12.1. The van der Waals surface area contributed by atoms with Gasteiger partial charge in [0.1, 0.15) is 6.04 Å². The molecule has 0 bridgehead atoms. The molecule has 6 heteroatoms. The highest BCUT2D eigenvalue weighted by Crippen LogP contribution is 2.22. The van der Waals surface area contributed by atoms with Crippen molar-refractivity contribution >= 4 is 28.3 Å². The van der Waals surface area contributed by atoms with E-state index in [-0.39, 0.29) is 23.1 Å². The third-order valence-corrected chi connectivity index (χ3v) is 4.97. The fourth-order valence-corrected chi connectivity index (χ4v) is 3.17. The van der Waals surface area contributed by atoms with Crippen molar-refractivity contribution in [3.63, 3.8) is 0 Å². The average molecular weight is 374 g/mol. The first-order valence-electron chi connectivity index (χ1n) is 8.72. The number of carbonyl (C=O) groups excluding carboxylic acids is 2. The Labute approximate surface area is 159 Å². The third-order valence-electron chi connectivity index (χ3n) is 4.10. The van der Waals surface area contributed by atoms with Gasteiger partial charge in [-0.25, -0.2) is 4.98 Å². The fraction of sp³-hybridized carbons (Fsp3) is 0.450. The minimum absolute atomic E-state index is 0.0290. The SMILES string of the molecule is Cc1csc(NC(=O)C(NC(=O)c2ccc(C(C)(C)C)cc2)C(C)C)n1. The molecule has 0 fully saturated rings. The summed E-state index contributed by atoms with van der Waals surface area (Å²) in [6.07, 6.45) is 0. The van der Waals surface area contributed by atoms with Crippen LogP contribution in [0.5, 0.6) is 0 Å². The Bertz CT molecular complexity index is 773. The molecule has 0 aliphatic heterocycles. The van der Waals surface area contributed by atoms with Gasteiger partial charge in [0.25, 0.3) is 5.91 Å². The molecule has 2 aromatic rings. The Balaban J connectivity index is 2.08. The molecule has 1 atom stereocenters. The van der Waals surface area contributed by atoms with E-state index in [0.717, 1.165) is 11.3 Å². The number of amides is 2. The highest BCUT2D eigenvalue weighted by Gasteiger charge is 2.25. The van der Waals surface area contributed by atoms with E-state index in [1.165, 1.54) is 11.3 Å². The molecular formula is C20H27N3O2S. The molecule has 0 spiro atoms. The molecule has 2 amide bonds. The number of benzene rings is 1. The van der Waals surface area contributed by atoms with Crippen LogP contribution in [0.25, 0.3) is 0 Å². The highest BCUT2D eigenvalue weighted by molar-refractivity contribution is 7.13. The Morgan fingerprint density at radius 3 is 2.19 bits per heavy atom. The molecule has 2 N–H and O–H groups in total. The zero-order valence-corrected chi connectivity index (χ0v) is 17.0. The van der Waals surface area contributed by atoms with Crippen LogP contribution in [0.4, 0.5) is 5.13 Å². The van der Waals surface area contributed by atoms with Gasteiger partial charge >= 0.3 is 0 Å². The van der Waals surface area contributed by atoms with Gasteiger partial charge in [-0.05, 0) is 36.0 Å². The summed E-state index contributed by atoms with van der Waals surface area (Å²) in [5, 5.41) is 8.04. The average Bonchev–Trinajstić information content (AvgIpc) is 2.96. The number of aromatic nitrogens is 1. The van der Waals surface area contributed by atoms with Gasteiger partial charge in [0, 0.05) is 10.9 Å². The van der Waals surface area contributed by atoms with E-state index in [9.17, 15) is 9.59 Å². The topological polar surface area (TPSA) is 71.1 Å².